The van der Waals surface area contributed by atoms with Crippen LogP contribution in [-0.4, -0.2) is 20.2 Å². The van der Waals surface area contributed by atoms with Crippen molar-refractivity contribution in [2.45, 2.75) is 6.16 Å². The third-order valence-corrected chi connectivity index (χ3v) is 3.99. The molecule has 0 heterocycles. The predicted octanol–water partition coefficient (Wildman–Crippen LogP) is 2.24. The molecule has 0 bridgehead atoms. The van der Waals surface area contributed by atoms with Crippen molar-refractivity contribution in [1.82, 2.24) is 0 Å². The van der Waals surface area contributed by atoms with Crippen LogP contribution in [0.4, 0.5) is 0 Å². The minimum Gasteiger partial charge on any atom is -0.312 e. The second-order valence-corrected chi connectivity index (χ2v) is 5.39. The lowest BCUT2D eigenvalue weighted by molar-refractivity contribution is 0.0573. The molecule has 87 valence electrons. The van der Waals surface area contributed by atoms with Crippen molar-refractivity contribution in [1.29, 1.82) is 0 Å². The summed E-state index contributed by atoms with van der Waals surface area (Å²) in [4.78, 5) is 10.5. The second kappa shape index (κ2) is 5.25. The predicted molar refractivity (Wildman–Crippen MR) is 56.8 cm³/mol. The van der Waals surface area contributed by atoms with Crippen molar-refractivity contribution in [3.8, 4) is 0 Å². The SMILES string of the molecule is COP(=O)(Cc1ccc(C([O])=O)cc1)OC. The van der Waals surface area contributed by atoms with Gasteiger partial charge in [0.2, 0.25) is 0 Å². The van der Waals surface area contributed by atoms with E-state index in [1.165, 1.54) is 26.4 Å². The molecule has 0 N–H and O–H groups in total. The van der Waals surface area contributed by atoms with Crippen LogP contribution in [0.15, 0.2) is 24.3 Å². The molecule has 0 aliphatic carbocycles. The molecular weight excluding hydrogens is 231 g/mol. The Labute approximate surface area is 93.5 Å². The summed E-state index contributed by atoms with van der Waals surface area (Å²) in [6.45, 7) is 0. The lowest BCUT2D eigenvalue weighted by Gasteiger charge is -2.13. The first-order chi connectivity index (χ1) is 7.50. The highest BCUT2D eigenvalue weighted by Gasteiger charge is 2.21. The second-order valence-electron chi connectivity index (χ2n) is 3.12. The highest BCUT2D eigenvalue weighted by atomic mass is 31.2. The lowest BCUT2D eigenvalue weighted by atomic mass is 10.1. The fourth-order valence-corrected chi connectivity index (χ4v) is 2.24. The zero-order valence-electron chi connectivity index (χ0n) is 9.00. The smallest absolute Gasteiger partial charge is 0.312 e. The maximum atomic E-state index is 11.8. The maximum Gasteiger partial charge on any atom is 0.386 e. The van der Waals surface area contributed by atoms with E-state index in [1.807, 2.05) is 0 Å². The van der Waals surface area contributed by atoms with Gasteiger partial charge in [-0.15, -0.1) is 0 Å². The molecule has 1 rings (SSSR count). The summed E-state index contributed by atoms with van der Waals surface area (Å²) >= 11 is 0. The summed E-state index contributed by atoms with van der Waals surface area (Å²) in [5.74, 6) is -1.24. The van der Waals surface area contributed by atoms with Gasteiger partial charge in [-0.05, 0) is 17.7 Å². The molecule has 0 aliphatic heterocycles. The lowest BCUT2D eigenvalue weighted by Crippen LogP contribution is -1.96. The Hall–Kier alpha value is -1.16. The van der Waals surface area contributed by atoms with Gasteiger partial charge >= 0.3 is 13.6 Å². The molecule has 0 spiro atoms. The molecule has 0 saturated carbocycles. The number of rotatable bonds is 5. The molecule has 0 saturated heterocycles. The van der Waals surface area contributed by atoms with Gasteiger partial charge in [-0.1, -0.05) is 12.1 Å². The van der Waals surface area contributed by atoms with Crippen molar-refractivity contribution in [2.75, 3.05) is 14.2 Å². The first-order valence-corrected chi connectivity index (χ1v) is 6.24. The number of hydrogen-bond acceptors (Lipinski definition) is 4. The maximum absolute atomic E-state index is 11.8. The molecular formula is C10H12O5P. The van der Waals surface area contributed by atoms with Gasteiger partial charge in [-0.25, -0.2) is 9.90 Å². The van der Waals surface area contributed by atoms with Gasteiger partial charge < -0.3 is 9.05 Å². The summed E-state index contributed by atoms with van der Waals surface area (Å²) in [6, 6.07) is 5.88. The van der Waals surface area contributed by atoms with Crippen LogP contribution in [0.3, 0.4) is 0 Å². The Morgan fingerprint density at radius 3 is 2.06 bits per heavy atom. The topological polar surface area (TPSA) is 72.5 Å². The van der Waals surface area contributed by atoms with Crippen LogP contribution in [0.25, 0.3) is 0 Å². The fraction of sp³-hybridized carbons (Fsp3) is 0.300. The Morgan fingerprint density at radius 2 is 1.69 bits per heavy atom. The Morgan fingerprint density at radius 1 is 1.19 bits per heavy atom. The summed E-state index contributed by atoms with van der Waals surface area (Å²) < 4.78 is 21.3. The van der Waals surface area contributed by atoms with Crippen LogP contribution >= 0.6 is 7.60 Å². The summed E-state index contributed by atoms with van der Waals surface area (Å²) in [6.07, 6.45) is 0.104. The van der Waals surface area contributed by atoms with E-state index in [0.29, 0.717) is 5.56 Å². The minimum atomic E-state index is -3.10. The van der Waals surface area contributed by atoms with Gasteiger partial charge in [0.1, 0.15) is 0 Å². The third kappa shape index (κ3) is 3.17. The number of hydrogen-bond donors (Lipinski definition) is 0. The van der Waals surface area contributed by atoms with Crippen molar-refractivity contribution in [2.24, 2.45) is 0 Å². The Bertz CT molecular complexity index is 404. The highest BCUT2D eigenvalue weighted by molar-refractivity contribution is 7.52. The van der Waals surface area contributed by atoms with Gasteiger partial charge in [0, 0.05) is 14.2 Å². The van der Waals surface area contributed by atoms with Gasteiger partial charge in [-0.3, -0.25) is 4.57 Å². The molecule has 16 heavy (non-hydrogen) atoms. The van der Waals surface area contributed by atoms with Gasteiger partial charge in [0.15, 0.2) is 0 Å². The van der Waals surface area contributed by atoms with Crippen LogP contribution in [0, 0.1) is 0 Å². The molecule has 1 radical (unpaired) electrons. The van der Waals surface area contributed by atoms with E-state index in [4.69, 9.17) is 9.05 Å². The molecule has 0 aliphatic rings. The van der Waals surface area contributed by atoms with Gasteiger partial charge in [-0.2, -0.15) is 0 Å². The molecule has 0 fully saturated rings. The average molecular weight is 243 g/mol. The van der Waals surface area contributed by atoms with Crippen LogP contribution in [0.5, 0.6) is 0 Å². The van der Waals surface area contributed by atoms with Gasteiger partial charge in [0.25, 0.3) is 0 Å². The number of carbonyl (C=O) groups is 1. The zero-order chi connectivity index (χ0) is 12.2. The number of carbonyl (C=O) groups excluding carboxylic acids is 1. The van der Waals surface area contributed by atoms with Crippen molar-refractivity contribution in [3.05, 3.63) is 35.4 Å². The Balaban J connectivity index is 2.83. The minimum absolute atomic E-state index is 0.0772. The van der Waals surface area contributed by atoms with Crippen LogP contribution < -0.4 is 0 Å². The number of benzene rings is 1. The van der Waals surface area contributed by atoms with E-state index in [2.05, 4.69) is 0 Å². The van der Waals surface area contributed by atoms with E-state index < -0.39 is 13.6 Å². The molecule has 1 aromatic carbocycles. The first-order valence-electron chi connectivity index (χ1n) is 4.51. The van der Waals surface area contributed by atoms with Crippen LogP contribution in [-0.2, 0) is 24.9 Å². The van der Waals surface area contributed by atoms with E-state index in [1.54, 1.807) is 12.1 Å². The molecule has 0 aromatic heterocycles. The fourth-order valence-electron chi connectivity index (χ4n) is 1.17. The first kappa shape index (κ1) is 12.9. The summed E-state index contributed by atoms with van der Waals surface area (Å²) in [5, 5.41) is 10.5. The molecule has 0 atom stereocenters. The quantitative estimate of drug-likeness (QED) is 0.743. The summed E-state index contributed by atoms with van der Waals surface area (Å²) in [7, 11) is -0.494. The van der Waals surface area contributed by atoms with E-state index in [0.717, 1.165) is 0 Å². The molecule has 0 amide bonds. The monoisotopic (exact) mass is 243 g/mol. The standard InChI is InChI=1S/C10H12O5P/c1-14-16(13,15-2)7-8-3-5-9(6-4-8)10(11)12/h3-6H,7H2,1-2H3. The third-order valence-electron chi connectivity index (χ3n) is 2.12. The van der Waals surface area contributed by atoms with E-state index in [9.17, 15) is 14.5 Å². The van der Waals surface area contributed by atoms with Crippen molar-refractivity contribution < 1.29 is 23.5 Å². The molecule has 1 aromatic rings. The normalized spacial score (nSPS) is 11.4. The molecule has 0 unspecified atom stereocenters. The van der Waals surface area contributed by atoms with Crippen LogP contribution in [0.2, 0.25) is 0 Å². The average Bonchev–Trinajstić information content (AvgIpc) is 2.29. The van der Waals surface area contributed by atoms with Crippen molar-refractivity contribution in [3.63, 3.8) is 0 Å². The largest absolute Gasteiger partial charge is 0.386 e. The van der Waals surface area contributed by atoms with E-state index >= 15 is 0 Å². The Kier molecular flexibility index (Phi) is 4.24. The van der Waals surface area contributed by atoms with Crippen molar-refractivity contribution >= 4 is 13.6 Å². The van der Waals surface area contributed by atoms with E-state index in [-0.39, 0.29) is 11.7 Å². The summed E-state index contributed by atoms with van der Waals surface area (Å²) in [5.41, 5.74) is 0.755. The molecule has 5 nitrogen and oxygen atoms in total. The van der Waals surface area contributed by atoms with Gasteiger partial charge in [0.05, 0.1) is 11.7 Å². The molecule has 6 heteroatoms. The zero-order valence-corrected chi connectivity index (χ0v) is 9.90. The van der Waals surface area contributed by atoms with Crippen LogP contribution in [0.1, 0.15) is 15.9 Å². The highest BCUT2D eigenvalue weighted by Crippen LogP contribution is 2.49.